The van der Waals surface area contributed by atoms with Crippen molar-refractivity contribution in [1.29, 1.82) is 5.41 Å². The maximum atomic E-state index is 10.8. The monoisotopic (exact) mass is 236 g/mol. The Kier molecular flexibility index (Phi) is 5.13. The van der Waals surface area contributed by atoms with Gasteiger partial charge in [-0.1, -0.05) is 31.9 Å². The first-order valence-corrected chi connectivity index (χ1v) is 5.62. The molecule has 1 aromatic rings. The van der Waals surface area contributed by atoms with Crippen molar-refractivity contribution in [3.8, 4) is 0 Å². The third-order valence-electron chi connectivity index (χ3n) is 2.34. The number of benzene rings is 1. The van der Waals surface area contributed by atoms with Crippen LogP contribution < -0.4 is 0 Å². The van der Waals surface area contributed by atoms with E-state index >= 15 is 0 Å². The van der Waals surface area contributed by atoms with Gasteiger partial charge in [-0.3, -0.25) is 15.5 Å². The zero-order chi connectivity index (χ0) is 12.7. The molecule has 0 spiro atoms. The molecule has 0 amide bonds. The number of hydrogen-bond acceptors (Lipinski definition) is 4. The van der Waals surface area contributed by atoms with E-state index in [0.29, 0.717) is 6.61 Å². The normalized spacial score (nSPS) is 9.94. The molecule has 0 saturated heterocycles. The minimum Gasteiger partial charge on any atom is -0.477 e. The highest BCUT2D eigenvalue weighted by Crippen LogP contribution is 2.18. The second kappa shape index (κ2) is 6.62. The van der Waals surface area contributed by atoms with Crippen LogP contribution in [0.3, 0.4) is 0 Å². The highest BCUT2D eigenvalue weighted by Gasteiger charge is 2.17. The summed E-state index contributed by atoms with van der Waals surface area (Å²) in [5.41, 5.74) is 0.141. The van der Waals surface area contributed by atoms with E-state index < -0.39 is 4.92 Å². The van der Waals surface area contributed by atoms with Gasteiger partial charge in [-0.25, -0.2) is 0 Å². The molecule has 1 aromatic carbocycles. The number of nitrogens with zero attached hydrogens (tertiary/aromatic N) is 1. The maximum Gasteiger partial charge on any atom is 0.282 e. The second-order valence-electron chi connectivity index (χ2n) is 3.66. The molecule has 0 aliphatic heterocycles. The van der Waals surface area contributed by atoms with Crippen molar-refractivity contribution >= 4 is 11.6 Å². The van der Waals surface area contributed by atoms with Crippen molar-refractivity contribution in [3.05, 3.63) is 39.9 Å². The number of hydrogen-bond donors (Lipinski definition) is 1. The molecular formula is C12H16N2O3. The predicted molar refractivity (Wildman–Crippen MR) is 65.4 cm³/mol. The summed E-state index contributed by atoms with van der Waals surface area (Å²) in [5.74, 6) is -0.131. The zero-order valence-corrected chi connectivity index (χ0v) is 9.81. The molecule has 5 heteroatoms. The van der Waals surface area contributed by atoms with Gasteiger partial charge in [-0.05, 0) is 12.5 Å². The van der Waals surface area contributed by atoms with Gasteiger partial charge in [-0.15, -0.1) is 0 Å². The summed E-state index contributed by atoms with van der Waals surface area (Å²) < 4.78 is 5.20. The lowest BCUT2D eigenvalue weighted by Crippen LogP contribution is -2.09. The Morgan fingerprint density at radius 2 is 2.12 bits per heavy atom. The molecule has 1 rings (SSSR count). The molecule has 1 N–H and O–H groups in total. The molecule has 0 saturated carbocycles. The van der Waals surface area contributed by atoms with Crippen LogP contribution in [0, 0.1) is 15.5 Å². The summed E-state index contributed by atoms with van der Waals surface area (Å²) in [4.78, 5) is 10.3. The lowest BCUT2D eigenvalue weighted by atomic mass is 10.2. The van der Waals surface area contributed by atoms with Gasteiger partial charge < -0.3 is 4.74 Å². The summed E-state index contributed by atoms with van der Waals surface area (Å²) in [6.45, 7) is 2.51. The van der Waals surface area contributed by atoms with E-state index in [1.165, 1.54) is 12.1 Å². The van der Waals surface area contributed by atoms with Crippen molar-refractivity contribution in [2.75, 3.05) is 6.61 Å². The van der Waals surface area contributed by atoms with Crippen LogP contribution in [0.1, 0.15) is 31.7 Å². The lowest BCUT2D eigenvalue weighted by molar-refractivity contribution is -0.385. The number of para-hydroxylation sites is 1. The first-order valence-electron chi connectivity index (χ1n) is 5.62. The number of nitro benzene ring substituents is 1. The highest BCUT2D eigenvalue weighted by atomic mass is 16.6. The van der Waals surface area contributed by atoms with E-state index in [1.807, 2.05) is 0 Å². The van der Waals surface area contributed by atoms with Crippen molar-refractivity contribution in [2.45, 2.75) is 26.2 Å². The van der Waals surface area contributed by atoms with Crippen molar-refractivity contribution in [2.24, 2.45) is 0 Å². The van der Waals surface area contributed by atoms with Gasteiger partial charge in [0.2, 0.25) is 5.90 Å². The molecule has 17 heavy (non-hydrogen) atoms. The Labute approximate surface area is 100 Å². The topological polar surface area (TPSA) is 76.2 Å². The van der Waals surface area contributed by atoms with Crippen LogP contribution in [0.5, 0.6) is 0 Å². The minimum atomic E-state index is -0.501. The summed E-state index contributed by atoms with van der Waals surface area (Å²) in [6, 6.07) is 6.14. The predicted octanol–water partition coefficient (Wildman–Crippen LogP) is 3.13. The first kappa shape index (κ1) is 13.2. The van der Waals surface area contributed by atoms with Gasteiger partial charge in [0.1, 0.15) is 5.56 Å². The van der Waals surface area contributed by atoms with Gasteiger partial charge in [0.25, 0.3) is 5.69 Å². The van der Waals surface area contributed by atoms with Crippen LogP contribution in [-0.2, 0) is 4.74 Å². The number of rotatable bonds is 6. The summed E-state index contributed by atoms with van der Waals surface area (Å²) in [7, 11) is 0. The van der Waals surface area contributed by atoms with Crippen LogP contribution >= 0.6 is 0 Å². The average Bonchev–Trinajstić information content (AvgIpc) is 2.34. The fourth-order valence-electron chi connectivity index (χ4n) is 1.43. The number of unbranched alkanes of at least 4 members (excludes halogenated alkanes) is 2. The van der Waals surface area contributed by atoms with Crippen LogP contribution in [0.25, 0.3) is 0 Å². The Morgan fingerprint density at radius 3 is 2.76 bits per heavy atom. The molecule has 92 valence electrons. The minimum absolute atomic E-state index is 0.0898. The SMILES string of the molecule is CCCCCOC(=N)c1ccccc1[N+](=O)[O-]. The highest BCUT2D eigenvalue weighted by molar-refractivity contribution is 5.95. The van der Waals surface area contributed by atoms with Crippen molar-refractivity contribution in [1.82, 2.24) is 0 Å². The Bertz CT molecular complexity index is 404. The fraction of sp³-hybridized carbons (Fsp3) is 0.417. The Morgan fingerprint density at radius 1 is 1.41 bits per heavy atom. The van der Waals surface area contributed by atoms with Crippen LogP contribution in [0.15, 0.2) is 24.3 Å². The molecular weight excluding hydrogens is 220 g/mol. The third-order valence-corrected chi connectivity index (χ3v) is 2.34. The molecule has 0 unspecified atom stereocenters. The molecule has 5 nitrogen and oxygen atoms in total. The smallest absolute Gasteiger partial charge is 0.282 e. The molecule has 0 aromatic heterocycles. The lowest BCUT2D eigenvalue weighted by Gasteiger charge is -2.07. The molecule has 0 fully saturated rings. The largest absolute Gasteiger partial charge is 0.477 e. The molecule has 0 aliphatic carbocycles. The zero-order valence-electron chi connectivity index (χ0n) is 9.81. The van der Waals surface area contributed by atoms with E-state index in [2.05, 4.69) is 6.92 Å². The van der Waals surface area contributed by atoms with E-state index in [9.17, 15) is 10.1 Å². The summed E-state index contributed by atoms with van der Waals surface area (Å²) >= 11 is 0. The van der Waals surface area contributed by atoms with E-state index in [1.54, 1.807) is 12.1 Å². The third kappa shape index (κ3) is 3.86. The number of nitrogens with one attached hydrogen (secondary N) is 1. The van der Waals surface area contributed by atoms with E-state index in [-0.39, 0.29) is 17.1 Å². The van der Waals surface area contributed by atoms with Crippen molar-refractivity contribution < 1.29 is 9.66 Å². The van der Waals surface area contributed by atoms with Crippen LogP contribution in [0.4, 0.5) is 5.69 Å². The summed E-state index contributed by atoms with van der Waals surface area (Å²) in [6.07, 6.45) is 2.96. The molecule has 0 atom stereocenters. The van der Waals surface area contributed by atoms with E-state index in [0.717, 1.165) is 19.3 Å². The molecule has 0 bridgehead atoms. The van der Waals surface area contributed by atoms with Gasteiger partial charge in [-0.2, -0.15) is 0 Å². The summed E-state index contributed by atoms with van der Waals surface area (Å²) in [5, 5.41) is 18.4. The van der Waals surface area contributed by atoms with Crippen molar-refractivity contribution in [3.63, 3.8) is 0 Å². The quantitative estimate of drug-likeness (QED) is 0.271. The standard InChI is InChI=1S/C12H16N2O3/c1-2-3-6-9-17-12(13)10-7-4-5-8-11(10)14(15)16/h4-5,7-8,13H,2-3,6,9H2,1H3. The number of nitro groups is 1. The average molecular weight is 236 g/mol. The maximum absolute atomic E-state index is 10.8. The number of ether oxygens (including phenoxy) is 1. The van der Waals surface area contributed by atoms with Crippen LogP contribution in [-0.4, -0.2) is 17.4 Å². The first-order chi connectivity index (χ1) is 8.16. The Balaban J connectivity index is 2.65. The van der Waals surface area contributed by atoms with E-state index in [4.69, 9.17) is 10.1 Å². The molecule has 0 aliphatic rings. The molecule has 0 radical (unpaired) electrons. The van der Waals surface area contributed by atoms with Gasteiger partial charge in [0, 0.05) is 6.07 Å². The van der Waals surface area contributed by atoms with Gasteiger partial charge in [0.15, 0.2) is 0 Å². The fourth-order valence-corrected chi connectivity index (χ4v) is 1.43. The Hall–Kier alpha value is -1.91. The van der Waals surface area contributed by atoms with Crippen LogP contribution in [0.2, 0.25) is 0 Å². The second-order valence-corrected chi connectivity index (χ2v) is 3.66. The van der Waals surface area contributed by atoms with Gasteiger partial charge >= 0.3 is 0 Å². The van der Waals surface area contributed by atoms with Gasteiger partial charge in [0.05, 0.1) is 11.5 Å². The molecule has 0 heterocycles.